The molecule has 0 heterocycles. The summed E-state index contributed by atoms with van der Waals surface area (Å²) in [4.78, 5) is 12.7. The summed E-state index contributed by atoms with van der Waals surface area (Å²) in [6.45, 7) is 4.00. The molecule has 1 amide bonds. The Morgan fingerprint density at radius 2 is 1.67 bits per heavy atom. The fourth-order valence-corrected chi connectivity index (χ4v) is 4.31. The number of rotatable bonds is 6. The van der Waals surface area contributed by atoms with E-state index in [9.17, 15) is 13.2 Å². The average molecular weight is 382 g/mol. The lowest BCUT2D eigenvalue weighted by Gasteiger charge is -2.11. The monoisotopic (exact) mass is 382 g/mol. The van der Waals surface area contributed by atoms with E-state index in [1.165, 1.54) is 0 Å². The van der Waals surface area contributed by atoms with Crippen molar-refractivity contribution in [3.05, 3.63) is 77.4 Å². The molecule has 5 nitrogen and oxygen atoms in total. The number of hydrogen-bond acceptors (Lipinski definition) is 3. The van der Waals surface area contributed by atoms with Crippen LogP contribution in [0.2, 0.25) is 0 Å². The topological polar surface area (TPSA) is 75.3 Å². The number of carbonyl (C=O) groups excluding carboxylic acids is 1. The predicted molar refractivity (Wildman–Crippen MR) is 107 cm³/mol. The predicted octanol–water partition coefficient (Wildman–Crippen LogP) is 3.16. The minimum atomic E-state index is -3.61. The molecule has 0 aliphatic carbocycles. The van der Waals surface area contributed by atoms with Gasteiger partial charge in [-0.15, -0.1) is 0 Å². The molecule has 0 radical (unpaired) electrons. The van der Waals surface area contributed by atoms with Gasteiger partial charge in [0.05, 0.1) is 4.90 Å². The third kappa shape index (κ3) is 4.35. The van der Waals surface area contributed by atoms with Gasteiger partial charge in [-0.05, 0) is 42.3 Å². The van der Waals surface area contributed by atoms with Crippen molar-refractivity contribution in [2.45, 2.75) is 18.7 Å². The summed E-state index contributed by atoms with van der Waals surface area (Å²) >= 11 is 0. The molecule has 27 heavy (non-hydrogen) atoms. The van der Waals surface area contributed by atoms with E-state index in [-0.39, 0.29) is 23.9 Å². The highest BCUT2D eigenvalue weighted by atomic mass is 32.2. The van der Waals surface area contributed by atoms with Crippen LogP contribution in [-0.4, -0.2) is 27.4 Å². The van der Waals surface area contributed by atoms with Gasteiger partial charge in [-0.3, -0.25) is 4.79 Å². The summed E-state index contributed by atoms with van der Waals surface area (Å²) in [5.41, 5.74) is 2.28. The molecule has 0 aliphatic rings. The zero-order valence-corrected chi connectivity index (χ0v) is 16.1. The average Bonchev–Trinajstić information content (AvgIpc) is 2.64. The SMILES string of the molecule is Cc1ccc(S(=O)(=O)NCCNC(=O)c2cccc3ccccc23)c(C)c1. The van der Waals surface area contributed by atoms with Crippen molar-refractivity contribution in [2.75, 3.05) is 13.1 Å². The molecule has 0 unspecified atom stereocenters. The fraction of sp³-hybridized carbons (Fsp3) is 0.190. The van der Waals surface area contributed by atoms with Gasteiger partial charge in [0.15, 0.2) is 0 Å². The molecule has 3 aromatic carbocycles. The largest absolute Gasteiger partial charge is 0.351 e. The first kappa shape index (κ1) is 19.1. The lowest BCUT2D eigenvalue weighted by molar-refractivity contribution is 0.0956. The van der Waals surface area contributed by atoms with Gasteiger partial charge in [-0.25, -0.2) is 13.1 Å². The standard InChI is InChI=1S/C21H22N2O3S/c1-15-10-11-20(16(2)14-15)27(25,26)23-13-12-22-21(24)19-9-5-7-17-6-3-4-8-18(17)19/h3-11,14,23H,12-13H2,1-2H3,(H,22,24). The Hall–Kier alpha value is -2.70. The first-order chi connectivity index (χ1) is 12.9. The van der Waals surface area contributed by atoms with E-state index in [1.807, 2.05) is 49.4 Å². The second-order valence-electron chi connectivity index (χ2n) is 6.45. The van der Waals surface area contributed by atoms with Crippen LogP contribution in [0.25, 0.3) is 10.8 Å². The van der Waals surface area contributed by atoms with Gasteiger partial charge >= 0.3 is 0 Å². The van der Waals surface area contributed by atoms with Crippen molar-refractivity contribution in [3.8, 4) is 0 Å². The number of sulfonamides is 1. The molecule has 2 N–H and O–H groups in total. The molecule has 0 aliphatic heterocycles. The van der Waals surface area contributed by atoms with Crippen LogP contribution in [0.15, 0.2) is 65.6 Å². The minimum Gasteiger partial charge on any atom is -0.351 e. The van der Waals surface area contributed by atoms with Crippen molar-refractivity contribution >= 4 is 26.7 Å². The van der Waals surface area contributed by atoms with Gasteiger partial charge in [0.1, 0.15) is 0 Å². The second-order valence-corrected chi connectivity index (χ2v) is 8.18. The van der Waals surface area contributed by atoms with Gasteiger partial charge < -0.3 is 5.32 Å². The lowest BCUT2D eigenvalue weighted by Crippen LogP contribution is -2.35. The first-order valence-corrected chi connectivity index (χ1v) is 10.2. The minimum absolute atomic E-state index is 0.117. The van der Waals surface area contributed by atoms with Crippen LogP contribution in [0.5, 0.6) is 0 Å². The van der Waals surface area contributed by atoms with Crippen LogP contribution in [0.1, 0.15) is 21.5 Å². The Morgan fingerprint density at radius 1 is 0.926 bits per heavy atom. The Bertz CT molecular complexity index is 1090. The van der Waals surface area contributed by atoms with Crippen LogP contribution in [0.4, 0.5) is 0 Å². The molecular weight excluding hydrogens is 360 g/mol. The van der Waals surface area contributed by atoms with Gasteiger partial charge in [0.25, 0.3) is 5.91 Å². The molecule has 3 rings (SSSR count). The van der Waals surface area contributed by atoms with E-state index in [1.54, 1.807) is 25.1 Å². The van der Waals surface area contributed by atoms with E-state index in [0.717, 1.165) is 16.3 Å². The maximum atomic E-state index is 12.5. The lowest BCUT2D eigenvalue weighted by atomic mass is 10.0. The molecule has 140 valence electrons. The van der Waals surface area contributed by atoms with Crippen LogP contribution >= 0.6 is 0 Å². The van der Waals surface area contributed by atoms with Crippen LogP contribution < -0.4 is 10.0 Å². The number of aryl methyl sites for hydroxylation is 2. The van der Waals surface area contributed by atoms with Crippen molar-refractivity contribution in [1.29, 1.82) is 0 Å². The van der Waals surface area contributed by atoms with E-state index in [2.05, 4.69) is 10.0 Å². The fourth-order valence-electron chi connectivity index (χ4n) is 3.06. The maximum Gasteiger partial charge on any atom is 0.251 e. The van der Waals surface area contributed by atoms with E-state index < -0.39 is 10.0 Å². The van der Waals surface area contributed by atoms with Gasteiger partial charge in [0, 0.05) is 18.7 Å². The third-order valence-corrected chi connectivity index (χ3v) is 5.98. The third-order valence-electron chi connectivity index (χ3n) is 4.36. The number of nitrogens with one attached hydrogen (secondary N) is 2. The number of fused-ring (bicyclic) bond motifs is 1. The van der Waals surface area contributed by atoms with Crippen LogP contribution in [0, 0.1) is 13.8 Å². The zero-order valence-electron chi connectivity index (χ0n) is 15.3. The molecular formula is C21H22N2O3S. The summed E-state index contributed by atoms with van der Waals surface area (Å²) in [6.07, 6.45) is 0. The smallest absolute Gasteiger partial charge is 0.251 e. The van der Waals surface area contributed by atoms with Gasteiger partial charge in [-0.2, -0.15) is 0 Å². The Kier molecular flexibility index (Phi) is 5.58. The number of amides is 1. The van der Waals surface area contributed by atoms with Gasteiger partial charge in [-0.1, -0.05) is 54.1 Å². The maximum absolute atomic E-state index is 12.5. The zero-order chi connectivity index (χ0) is 19.4. The second kappa shape index (κ2) is 7.90. The molecule has 0 fully saturated rings. The Labute approximate surface area is 159 Å². The highest BCUT2D eigenvalue weighted by molar-refractivity contribution is 7.89. The van der Waals surface area contributed by atoms with Crippen molar-refractivity contribution < 1.29 is 13.2 Å². The summed E-state index contributed by atoms with van der Waals surface area (Å²) in [7, 11) is -3.61. The summed E-state index contributed by atoms with van der Waals surface area (Å²) in [6, 6.07) is 18.4. The van der Waals surface area contributed by atoms with Crippen LogP contribution in [-0.2, 0) is 10.0 Å². The first-order valence-electron chi connectivity index (χ1n) is 8.71. The number of benzene rings is 3. The molecule has 0 spiro atoms. The summed E-state index contributed by atoms with van der Waals surface area (Å²) < 4.78 is 27.4. The summed E-state index contributed by atoms with van der Waals surface area (Å²) in [5.74, 6) is -0.225. The highest BCUT2D eigenvalue weighted by Gasteiger charge is 2.16. The van der Waals surface area contributed by atoms with E-state index in [4.69, 9.17) is 0 Å². The molecule has 0 saturated heterocycles. The molecule has 0 aromatic heterocycles. The van der Waals surface area contributed by atoms with Gasteiger partial charge in [0.2, 0.25) is 10.0 Å². The molecule has 0 atom stereocenters. The van der Waals surface area contributed by atoms with Crippen molar-refractivity contribution in [2.24, 2.45) is 0 Å². The Morgan fingerprint density at radius 3 is 2.44 bits per heavy atom. The normalized spacial score (nSPS) is 11.5. The molecule has 0 bridgehead atoms. The number of hydrogen-bond donors (Lipinski definition) is 2. The van der Waals surface area contributed by atoms with E-state index >= 15 is 0 Å². The molecule has 3 aromatic rings. The van der Waals surface area contributed by atoms with Crippen molar-refractivity contribution in [1.82, 2.24) is 10.0 Å². The summed E-state index contributed by atoms with van der Waals surface area (Å²) in [5, 5.41) is 4.63. The molecule has 0 saturated carbocycles. The Balaban J connectivity index is 1.62. The van der Waals surface area contributed by atoms with E-state index in [0.29, 0.717) is 11.1 Å². The number of carbonyl (C=O) groups is 1. The quantitative estimate of drug-likeness (QED) is 0.643. The van der Waals surface area contributed by atoms with Crippen LogP contribution in [0.3, 0.4) is 0 Å². The molecule has 6 heteroatoms. The highest BCUT2D eigenvalue weighted by Crippen LogP contribution is 2.18. The van der Waals surface area contributed by atoms with Crippen molar-refractivity contribution in [3.63, 3.8) is 0 Å².